The fraction of sp³-hybridized carbons (Fsp3) is 0.211. The van der Waals surface area contributed by atoms with E-state index in [0.29, 0.717) is 18.9 Å². The van der Waals surface area contributed by atoms with Crippen LogP contribution in [0.1, 0.15) is 23.9 Å². The van der Waals surface area contributed by atoms with Gasteiger partial charge in [0.25, 0.3) is 0 Å². The summed E-state index contributed by atoms with van der Waals surface area (Å²) >= 11 is 0. The predicted octanol–water partition coefficient (Wildman–Crippen LogP) is 3.38. The Morgan fingerprint density at radius 3 is 2.46 bits per heavy atom. The van der Waals surface area contributed by atoms with Crippen molar-refractivity contribution in [1.82, 2.24) is 10.2 Å². The van der Waals surface area contributed by atoms with Crippen LogP contribution in [0.5, 0.6) is 5.75 Å². The zero-order valence-electron chi connectivity index (χ0n) is 14.2. The number of nitrogens with one attached hydrogen (secondary N) is 1. The molecule has 0 aliphatic rings. The van der Waals surface area contributed by atoms with E-state index in [1.807, 2.05) is 31.2 Å². The summed E-state index contributed by atoms with van der Waals surface area (Å²) in [6.07, 6.45) is 0.546. The topological polar surface area (TPSA) is 77.2 Å². The van der Waals surface area contributed by atoms with Gasteiger partial charge in [-0.05, 0) is 42.3 Å². The predicted molar refractivity (Wildman–Crippen MR) is 93.4 cm³/mol. The molecule has 7 heteroatoms. The second-order valence-electron chi connectivity index (χ2n) is 5.61. The molecule has 1 N–H and O–H groups in total. The van der Waals surface area contributed by atoms with Crippen molar-refractivity contribution in [3.05, 3.63) is 71.4 Å². The highest BCUT2D eigenvalue weighted by atomic mass is 19.1. The van der Waals surface area contributed by atoms with Crippen molar-refractivity contribution in [2.45, 2.75) is 19.8 Å². The highest BCUT2D eigenvalue weighted by molar-refractivity contribution is 5.90. The molecule has 0 spiro atoms. The molecule has 3 rings (SSSR count). The van der Waals surface area contributed by atoms with Crippen LogP contribution in [0, 0.1) is 5.82 Å². The standard InChI is InChI=1S/C19H18FN3O3/c1-2-25-16-9-5-13(6-10-16)11-17(24)21-19-23-22-18(26-19)12-14-3-7-15(20)8-4-14/h3-10H,2,11-12H2,1H3,(H,21,23,24). The summed E-state index contributed by atoms with van der Waals surface area (Å²) in [7, 11) is 0. The molecule has 1 amide bonds. The molecule has 26 heavy (non-hydrogen) atoms. The van der Waals surface area contributed by atoms with Gasteiger partial charge in [-0.15, -0.1) is 5.10 Å². The quantitative estimate of drug-likeness (QED) is 0.703. The lowest BCUT2D eigenvalue weighted by molar-refractivity contribution is -0.115. The van der Waals surface area contributed by atoms with Gasteiger partial charge < -0.3 is 9.15 Å². The first-order chi connectivity index (χ1) is 12.6. The Morgan fingerprint density at radius 1 is 1.08 bits per heavy atom. The highest BCUT2D eigenvalue weighted by Gasteiger charge is 2.11. The number of hydrogen-bond acceptors (Lipinski definition) is 5. The number of hydrogen-bond donors (Lipinski definition) is 1. The lowest BCUT2D eigenvalue weighted by atomic mass is 10.1. The summed E-state index contributed by atoms with van der Waals surface area (Å²) in [5.74, 6) is 0.541. The van der Waals surface area contributed by atoms with Gasteiger partial charge in [-0.2, -0.15) is 0 Å². The van der Waals surface area contributed by atoms with E-state index < -0.39 is 0 Å². The van der Waals surface area contributed by atoms with E-state index in [4.69, 9.17) is 9.15 Å². The molecule has 0 bridgehead atoms. The van der Waals surface area contributed by atoms with E-state index in [2.05, 4.69) is 15.5 Å². The van der Waals surface area contributed by atoms with Crippen LogP contribution >= 0.6 is 0 Å². The number of rotatable bonds is 7. The van der Waals surface area contributed by atoms with Crippen LogP contribution in [-0.4, -0.2) is 22.7 Å². The number of ether oxygens (including phenoxy) is 1. The summed E-state index contributed by atoms with van der Waals surface area (Å²) in [4.78, 5) is 12.1. The first kappa shape index (κ1) is 17.6. The Morgan fingerprint density at radius 2 is 1.77 bits per heavy atom. The molecule has 0 aliphatic carbocycles. The molecular weight excluding hydrogens is 337 g/mol. The van der Waals surface area contributed by atoms with Crippen molar-refractivity contribution in [3.63, 3.8) is 0 Å². The molecule has 0 fully saturated rings. The van der Waals surface area contributed by atoms with E-state index in [9.17, 15) is 9.18 Å². The van der Waals surface area contributed by atoms with Gasteiger partial charge in [0.2, 0.25) is 11.8 Å². The molecular formula is C19H18FN3O3. The molecule has 0 saturated heterocycles. The van der Waals surface area contributed by atoms with E-state index in [1.165, 1.54) is 12.1 Å². The van der Waals surface area contributed by atoms with Gasteiger partial charge in [-0.25, -0.2) is 4.39 Å². The summed E-state index contributed by atoms with van der Waals surface area (Å²) in [5.41, 5.74) is 1.68. The molecule has 1 aromatic heterocycles. The van der Waals surface area contributed by atoms with E-state index in [-0.39, 0.29) is 24.2 Å². The lowest BCUT2D eigenvalue weighted by Gasteiger charge is -2.04. The number of anilines is 1. The van der Waals surface area contributed by atoms with Crippen LogP contribution in [-0.2, 0) is 17.6 Å². The van der Waals surface area contributed by atoms with Crippen molar-refractivity contribution in [2.24, 2.45) is 0 Å². The third kappa shape index (κ3) is 4.89. The van der Waals surface area contributed by atoms with E-state index in [1.54, 1.807) is 12.1 Å². The summed E-state index contributed by atoms with van der Waals surface area (Å²) in [5, 5.41) is 10.3. The maximum Gasteiger partial charge on any atom is 0.322 e. The largest absolute Gasteiger partial charge is 0.494 e. The van der Waals surface area contributed by atoms with Crippen molar-refractivity contribution in [1.29, 1.82) is 0 Å². The Kier molecular flexibility index (Phi) is 5.58. The minimum absolute atomic E-state index is 0.0399. The molecule has 3 aromatic rings. The Labute approximate surface area is 150 Å². The number of carbonyl (C=O) groups excluding carboxylic acids is 1. The monoisotopic (exact) mass is 355 g/mol. The van der Waals surface area contributed by atoms with E-state index >= 15 is 0 Å². The second-order valence-corrected chi connectivity index (χ2v) is 5.61. The van der Waals surface area contributed by atoms with Crippen molar-refractivity contribution in [2.75, 3.05) is 11.9 Å². The van der Waals surface area contributed by atoms with E-state index in [0.717, 1.165) is 16.9 Å². The fourth-order valence-electron chi connectivity index (χ4n) is 2.37. The van der Waals surface area contributed by atoms with Crippen LogP contribution in [0.2, 0.25) is 0 Å². The number of benzene rings is 2. The van der Waals surface area contributed by atoms with Gasteiger partial charge in [0.1, 0.15) is 11.6 Å². The third-order valence-corrected chi connectivity index (χ3v) is 3.58. The zero-order valence-corrected chi connectivity index (χ0v) is 14.2. The zero-order chi connectivity index (χ0) is 18.4. The average molecular weight is 355 g/mol. The molecule has 0 unspecified atom stereocenters. The van der Waals surface area contributed by atoms with Crippen LogP contribution in [0.25, 0.3) is 0 Å². The van der Waals surface area contributed by atoms with Gasteiger partial charge in [-0.1, -0.05) is 29.4 Å². The Balaban J connectivity index is 1.54. The Bertz CT molecular complexity index is 860. The average Bonchev–Trinajstić information content (AvgIpc) is 3.05. The second kappa shape index (κ2) is 8.24. The molecule has 2 aromatic carbocycles. The van der Waals surface area contributed by atoms with Crippen LogP contribution < -0.4 is 10.1 Å². The molecule has 6 nitrogen and oxygen atoms in total. The summed E-state index contributed by atoms with van der Waals surface area (Å²) in [6, 6.07) is 13.4. The van der Waals surface area contributed by atoms with Crippen molar-refractivity contribution < 1.29 is 18.3 Å². The van der Waals surface area contributed by atoms with Crippen molar-refractivity contribution >= 4 is 11.9 Å². The number of nitrogens with zero attached hydrogens (tertiary/aromatic N) is 2. The first-order valence-electron chi connectivity index (χ1n) is 8.21. The third-order valence-electron chi connectivity index (χ3n) is 3.58. The number of amides is 1. The molecule has 134 valence electrons. The minimum Gasteiger partial charge on any atom is -0.494 e. The van der Waals surface area contributed by atoms with Gasteiger partial charge in [-0.3, -0.25) is 10.1 Å². The number of carbonyl (C=O) groups is 1. The molecule has 1 heterocycles. The summed E-state index contributed by atoms with van der Waals surface area (Å²) in [6.45, 7) is 2.51. The molecule has 0 aliphatic heterocycles. The van der Waals surface area contributed by atoms with Gasteiger partial charge in [0.15, 0.2) is 0 Å². The smallest absolute Gasteiger partial charge is 0.322 e. The maximum absolute atomic E-state index is 12.9. The van der Waals surface area contributed by atoms with Crippen molar-refractivity contribution in [3.8, 4) is 5.75 Å². The minimum atomic E-state index is -0.304. The number of aromatic nitrogens is 2. The van der Waals surface area contributed by atoms with Crippen LogP contribution in [0.4, 0.5) is 10.4 Å². The van der Waals surface area contributed by atoms with Gasteiger partial charge in [0, 0.05) is 0 Å². The number of halogens is 1. The maximum atomic E-state index is 12.9. The molecule has 0 saturated carbocycles. The molecule has 0 radical (unpaired) electrons. The first-order valence-corrected chi connectivity index (χ1v) is 8.21. The molecule has 0 atom stereocenters. The summed E-state index contributed by atoms with van der Waals surface area (Å²) < 4.78 is 23.7. The highest BCUT2D eigenvalue weighted by Crippen LogP contribution is 2.14. The SMILES string of the molecule is CCOc1ccc(CC(=O)Nc2nnc(Cc3ccc(F)cc3)o2)cc1. The normalized spacial score (nSPS) is 10.5. The van der Waals surface area contributed by atoms with Gasteiger partial charge >= 0.3 is 6.01 Å². The van der Waals surface area contributed by atoms with Crippen LogP contribution in [0.3, 0.4) is 0 Å². The fourth-order valence-corrected chi connectivity index (χ4v) is 2.37. The lowest BCUT2D eigenvalue weighted by Crippen LogP contribution is -2.14. The van der Waals surface area contributed by atoms with Gasteiger partial charge in [0.05, 0.1) is 19.4 Å². The Hall–Kier alpha value is -3.22. The van der Waals surface area contributed by atoms with Crippen LogP contribution in [0.15, 0.2) is 52.9 Å².